The van der Waals surface area contributed by atoms with Crippen LogP contribution in [0.5, 0.6) is 0 Å². The van der Waals surface area contributed by atoms with Crippen molar-refractivity contribution in [3.8, 4) is 0 Å². The molecule has 3 heteroatoms. The topological polar surface area (TPSA) is 21.3 Å². The second-order valence-electron chi connectivity index (χ2n) is 1.20. The van der Waals surface area contributed by atoms with Crippen LogP contribution >= 0.6 is 0 Å². The minimum atomic E-state index is 1.05. The summed E-state index contributed by atoms with van der Waals surface area (Å²) < 4.78 is 4.66. The van der Waals surface area contributed by atoms with Crippen molar-refractivity contribution in [1.29, 1.82) is 0 Å². The molecular formula is C3H5BNO. The van der Waals surface area contributed by atoms with Gasteiger partial charge in [0.1, 0.15) is 0 Å². The van der Waals surface area contributed by atoms with E-state index in [0.717, 1.165) is 5.70 Å². The molecule has 1 N–H and O–H groups in total. The zero-order valence-corrected chi connectivity index (χ0v) is 3.56. The summed E-state index contributed by atoms with van der Waals surface area (Å²) in [5.74, 6) is 0. The van der Waals surface area contributed by atoms with Crippen molar-refractivity contribution in [1.82, 2.24) is 5.23 Å². The van der Waals surface area contributed by atoms with Gasteiger partial charge in [0.15, 0.2) is 0 Å². The number of rotatable bonds is 0. The third kappa shape index (κ3) is 0.480. The fraction of sp³-hybridized carbons (Fsp3) is 0.333. The average molecular weight is 81.9 g/mol. The van der Waals surface area contributed by atoms with Gasteiger partial charge < -0.3 is 9.88 Å². The summed E-state index contributed by atoms with van der Waals surface area (Å²) in [6.07, 6.45) is 1.65. The second-order valence-corrected chi connectivity index (χ2v) is 1.20. The van der Waals surface area contributed by atoms with Gasteiger partial charge >= 0.3 is 7.62 Å². The molecule has 0 amide bonds. The van der Waals surface area contributed by atoms with Gasteiger partial charge in [0.2, 0.25) is 0 Å². The predicted molar refractivity (Wildman–Crippen MR) is 23.7 cm³/mol. The Morgan fingerprint density at radius 2 is 2.83 bits per heavy atom. The molecule has 1 radical (unpaired) electrons. The largest absolute Gasteiger partial charge is 0.547 e. The molecule has 0 bridgehead atoms. The number of hydrogen-bond donors (Lipinski definition) is 1. The van der Waals surface area contributed by atoms with E-state index in [0.29, 0.717) is 0 Å². The van der Waals surface area contributed by atoms with E-state index in [2.05, 4.69) is 9.88 Å². The van der Waals surface area contributed by atoms with Crippen LogP contribution in [0.3, 0.4) is 0 Å². The van der Waals surface area contributed by atoms with Crippen molar-refractivity contribution in [2.24, 2.45) is 0 Å². The monoisotopic (exact) mass is 82.0 g/mol. The Kier molecular flexibility index (Phi) is 0.745. The molecule has 0 fully saturated rings. The van der Waals surface area contributed by atoms with Crippen LogP contribution in [0.2, 0.25) is 0 Å². The third-order valence-electron chi connectivity index (χ3n) is 0.599. The summed E-state index contributed by atoms with van der Waals surface area (Å²) in [6.45, 7) is 1.93. The van der Waals surface area contributed by atoms with E-state index in [4.69, 9.17) is 0 Å². The van der Waals surface area contributed by atoms with E-state index in [-0.39, 0.29) is 0 Å². The Morgan fingerprint density at radius 3 is 3.00 bits per heavy atom. The fourth-order valence-electron chi connectivity index (χ4n) is 0.297. The maximum absolute atomic E-state index is 4.66. The lowest BCUT2D eigenvalue weighted by Gasteiger charge is -1.82. The molecule has 0 spiro atoms. The Balaban J connectivity index is 2.45. The smallest absolute Gasteiger partial charge is 0.518 e. The van der Waals surface area contributed by atoms with E-state index in [1.807, 2.05) is 6.92 Å². The molecule has 1 rings (SSSR count). The van der Waals surface area contributed by atoms with Gasteiger partial charge in [-0.1, -0.05) is 0 Å². The maximum Gasteiger partial charge on any atom is 0.518 e. The van der Waals surface area contributed by atoms with Crippen LogP contribution in [-0.2, 0) is 4.65 Å². The van der Waals surface area contributed by atoms with Gasteiger partial charge in [-0.3, -0.25) is 0 Å². The number of nitrogens with one attached hydrogen (secondary N) is 1. The van der Waals surface area contributed by atoms with Crippen LogP contribution in [0.25, 0.3) is 0 Å². The number of allylic oxidation sites excluding steroid dienone is 1. The Labute approximate surface area is 37.5 Å². The first-order valence-electron chi connectivity index (χ1n) is 1.80. The van der Waals surface area contributed by atoms with Gasteiger partial charge in [-0.2, -0.15) is 0 Å². The van der Waals surface area contributed by atoms with Gasteiger partial charge in [-0.05, 0) is 6.92 Å². The zero-order chi connectivity index (χ0) is 4.41. The highest BCUT2D eigenvalue weighted by molar-refractivity contribution is 6.25. The molecule has 0 aromatic rings. The minimum absolute atomic E-state index is 1.05. The van der Waals surface area contributed by atoms with E-state index in [1.54, 1.807) is 6.26 Å². The minimum Gasteiger partial charge on any atom is -0.547 e. The average Bonchev–Trinajstić information content (AvgIpc) is 1.86. The molecule has 2 nitrogen and oxygen atoms in total. The molecule has 31 valence electrons. The van der Waals surface area contributed by atoms with E-state index in [1.165, 1.54) is 7.62 Å². The highest BCUT2D eigenvalue weighted by atomic mass is 16.4. The van der Waals surface area contributed by atoms with Gasteiger partial charge in [-0.15, -0.1) is 0 Å². The highest BCUT2D eigenvalue weighted by Crippen LogP contribution is 1.90. The fourth-order valence-corrected chi connectivity index (χ4v) is 0.297. The van der Waals surface area contributed by atoms with Crippen molar-refractivity contribution < 1.29 is 4.65 Å². The van der Waals surface area contributed by atoms with Crippen molar-refractivity contribution in [2.45, 2.75) is 6.92 Å². The van der Waals surface area contributed by atoms with Gasteiger partial charge in [0.25, 0.3) is 0 Å². The first-order valence-corrected chi connectivity index (χ1v) is 1.80. The molecule has 0 aliphatic carbocycles. The highest BCUT2D eigenvalue weighted by Gasteiger charge is 1.98. The van der Waals surface area contributed by atoms with Crippen LogP contribution in [0.1, 0.15) is 6.92 Å². The standard InChI is InChI=1S/C3H5BNO/c1-3-2-6-4-5-3/h2,5H,1H3. The summed E-state index contributed by atoms with van der Waals surface area (Å²) >= 11 is 0. The summed E-state index contributed by atoms with van der Waals surface area (Å²) in [4.78, 5) is 0. The summed E-state index contributed by atoms with van der Waals surface area (Å²) in [7, 11) is 1.54. The predicted octanol–water partition coefficient (Wildman–Crippen LogP) is 0.00170. The number of hydrogen-bond acceptors (Lipinski definition) is 2. The SMILES string of the molecule is CC1=CO[B]N1. The Bertz CT molecular complexity index is 80.9. The second kappa shape index (κ2) is 1.24. The van der Waals surface area contributed by atoms with E-state index in [9.17, 15) is 0 Å². The third-order valence-corrected chi connectivity index (χ3v) is 0.599. The van der Waals surface area contributed by atoms with Gasteiger partial charge in [0, 0.05) is 5.70 Å². The quantitative estimate of drug-likeness (QED) is 0.415. The maximum atomic E-state index is 4.66. The molecule has 0 unspecified atom stereocenters. The van der Waals surface area contributed by atoms with Crippen LogP contribution in [0, 0.1) is 0 Å². The lowest BCUT2D eigenvalue weighted by Crippen LogP contribution is -2.09. The lowest BCUT2D eigenvalue weighted by atomic mass is 10.3. The molecule has 1 heterocycles. The van der Waals surface area contributed by atoms with Crippen molar-refractivity contribution in [3.63, 3.8) is 0 Å². The first kappa shape index (κ1) is 3.59. The molecule has 0 atom stereocenters. The van der Waals surface area contributed by atoms with Gasteiger partial charge in [-0.25, -0.2) is 0 Å². The van der Waals surface area contributed by atoms with Crippen molar-refractivity contribution in [3.05, 3.63) is 12.0 Å². The van der Waals surface area contributed by atoms with Gasteiger partial charge in [0.05, 0.1) is 6.26 Å². The normalized spacial score (nSPS) is 17.2. The molecule has 0 saturated carbocycles. The molecule has 1 aliphatic heterocycles. The van der Waals surface area contributed by atoms with E-state index >= 15 is 0 Å². The van der Waals surface area contributed by atoms with Crippen molar-refractivity contribution in [2.75, 3.05) is 0 Å². The summed E-state index contributed by atoms with van der Waals surface area (Å²) in [5.41, 5.74) is 1.05. The molecule has 0 saturated heterocycles. The van der Waals surface area contributed by atoms with Crippen LogP contribution < -0.4 is 5.23 Å². The summed E-state index contributed by atoms with van der Waals surface area (Å²) in [5, 5.41) is 2.83. The molecule has 0 aromatic heterocycles. The first-order chi connectivity index (χ1) is 2.89. The molecule has 6 heavy (non-hydrogen) atoms. The lowest BCUT2D eigenvalue weighted by molar-refractivity contribution is 0.527. The van der Waals surface area contributed by atoms with E-state index < -0.39 is 0 Å². The zero-order valence-electron chi connectivity index (χ0n) is 3.56. The Morgan fingerprint density at radius 1 is 2.00 bits per heavy atom. The summed E-state index contributed by atoms with van der Waals surface area (Å²) in [6, 6.07) is 0. The molecule has 1 aliphatic rings. The van der Waals surface area contributed by atoms with Crippen molar-refractivity contribution >= 4 is 7.62 Å². The van der Waals surface area contributed by atoms with Crippen LogP contribution in [-0.4, -0.2) is 7.62 Å². The molecule has 0 aromatic carbocycles. The van der Waals surface area contributed by atoms with Crippen LogP contribution in [0.15, 0.2) is 12.0 Å². The Hall–Kier alpha value is -0.595. The van der Waals surface area contributed by atoms with Crippen LogP contribution in [0.4, 0.5) is 0 Å². The molecular weight excluding hydrogens is 76.9 g/mol.